The van der Waals surface area contributed by atoms with Crippen LogP contribution in [0.4, 0.5) is 5.69 Å². The average Bonchev–Trinajstić information content (AvgIpc) is 3.32. The average molecular weight is 294 g/mol. The number of nitrogens with one attached hydrogen (secondary N) is 2. The number of benzene rings is 2. The zero-order chi connectivity index (χ0) is 15.5. The Kier molecular flexibility index (Phi) is 3.92. The van der Waals surface area contributed by atoms with Gasteiger partial charge in [-0.1, -0.05) is 23.8 Å². The zero-order valence-electron chi connectivity index (χ0n) is 12.4. The summed E-state index contributed by atoms with van der Waals surface area (Å²) in [6.45, 7) is 1.98. The molecule has 2 N–H and O–H groups in total. The highest BCUT2D eigenvalue weighted by Crippen LogP contribution is 2.20. The molecule has 0 aromatic heterocycles. The van der Waals surface area contributed by atoms with Crippen LogP contribution in [-0.2, 0) is 0 Å². The third-order valence-corrected chi connectivity index (χ3v) is 3.61. The van der Waals surface area contributed by atoms with Gasteiger partial charge in [-0.25, -0.2) is 0 Å². The van der Waals surface area contributed by atoms with E-state index in [0.29, 0.717) is 22.9 Å². The molecule has 0 radical (unpaired) electrons. The number of aryl methyl sites for hydroxylation is 1. The highest BCUT2D eigenvalue weighted by atomic mass is 16.2. The van der Waals surface area contributed by atoms with E-state index in [4.69, 9.17) is 0 Å². The minimum atomic E-state index is -0.181. The smallest absolute Gasteiger partial charge is 0.255 e. The predicted molar refractivity (Wildman–Crippen MR) is 86.1 cm³/mol. The fourth-order valence-corrected chi connectivity index (χ4v) is 2.14. The summed E-state index contributed by atoms with van der Waals surface area (Å²) in [6.07, 6.45) is 2.10. The van der Waals surface area contributed by atoms with Gasteiger partial charge >= 0.3 is 0 Å². The number of carbonyl (C=O) groups is 2. The van der Waals surface area contributed by atoms with Gasteiger partial charge in [-0.2, -0.15) is 0 Å². The molecule has 1 aliphatic carbocycles. The third kappa shape index (κ3) is 3.52. The van der Waals surface area contributed by atoms with Crippen LogP contribution in [0.25, 0.3) is 0 Å². The van der Waals surface area contributed by atoms with E-state index in [1.807, 2.05) is 19.1 Å². The number of hydrogen-bond donors (Lipinski definition) is 2. The molecule has 1 aliphatic rings. The fraction of sp³-hybridized carbons (Fsp3) is 0.222. The molecule has 0 bridgehead atoms. The molecule has 2 aromatic rings. The highest BCUT2D eigenvalue weighted by Gasteiger charge is 2.23. The van der Waals surface area contributed by atoms with E-state index in [1.165, 1.54) is 0 Å². The van der Waals surface area contributed by atoms with Gasteiger partial charge in [0.25, 0.3) is 11.8 Å². The molecule has 22 heavy (non-hydrogen) atoms. The molecule has 0 spiro atoms. The van der Waals surface area contributed by atoms with Crippen molar-refractivity contribution in [3.8, 4) is 0 Å². The predicted octanol–water partition coefficient (Wildman–Crippen LogP) is 3.14. The van der Waals surface area contributed by atoms with Gasteiger partial charge in [0.15, 0.2) is 0 Å². The van der Waals surface area contributed by atoms with Crippen LogP contribution in [0, 0.1) is 6.92 Å². The van der Waals surface area contributed by atoms with Crippen LogP contribution in [0.3, 0.4) is 0 Å². The minimum Gasteiger partial charge on any atom is -0.349 e. The minimum absolute atomic E-state index is 0.0889. The lowest BCUT2D eigenvalue weighted by Gasteiger charge is -2.08. The largest absolute Gasteiger partial charge is 0.349 e. The van der Waals surface area contributed by atoms with Crippen molar-refractivity contribution < 1.29 is 9.59 Å². The molecule has 0 saturated heterocycles. The highest BCUT2D eigenvalue weighted by molar-refractivity contribution is 6.05. The van der Waals surface area contributed by atoms with Crippen LogP contribution in [-0.4, -0.2) is 17.9 Å². The summed E-state index contributed by atoms with van der Waals surface area (Å²) >= 11 is 0. The Bertz CT molecular complexity index is 703. The van der Waals surface area contributed by atoms with Gasteiger partial charge in [-0.3, -0.25) is 9.59 Å². The van der Waals surface area contributed by atoms with Crippen LogP contribution in [0.2, 0.25) is 0 Å². The molecule has 1 fully saturated rings. The van der Waals surface area contributed by atoms with E-state index >= 15 is 0 Å². The molecule has 2 aromatic carbocycles. The van der Waals surface area contributed by atoms with Gasteiger partial charge in [0.1, 0.15) is 0 Å². The van der Waals surface area contributed by atoms with Gasteiger partial charge < -0.3 is 10.6 Å². The quantitative estimate of drug-likeness (QED) is 0.910. The van der Waals surface area contributed by atoms with E-state index in [1.54, 1.807) is 36.4 Å². The van der Waals surface area contributed by atoms with E-state index in [9.17, 15) is 9.59 Å². The molecule has 0 aliphatic heterocycles. The molecule has 0 unspecified atom stereocenters. The second kappa shape index (κ2) is 6.02. The van der Waals surface area contributed by atoms with Gasteiger partial charge in [0.05, 0.1) is 0 Å². The summed E-state index contributed by atoms with van der Waals surface area (Å²) < 4.78 is 0. The van der Waals surface area contributed by atoms with Gasteiger partial charge in [-0.05, 0) is 50.1 Å². The molecule has 4 heteroatoms. The Morgan fingerprint density at radius 2 is 1.68 bits per heavy atom. The van der Waals surface area contributed by atoms with Gasteiger partial charge in [0.2, 0.25) is 0 Å². The van der Waals surface area contributed by atoms with Crippen molar-refractivity contribution >= 4 is 17.5 Å². The maximum absolute atomic E-state index is 12.2. The summed E-state index contributed by atoms with van der Waals surface area (Å²) in [5, 5.41) is 5.76. The third-order valence-electron chi connectivity index (χ3n) is 3.61. The van der Waals surface area contributed by atoms with Crippen molar-refractivity contribution in [3.63, 3.8) is 0 Å². The maximum atomic E-state index is 12.2. The lowest BCUT2D eigenvalue weighted by atomic mass is 10.1. The molecular formula is C18H18N2O2. The first-order valence-electron chi connectivity index (χ1n) is 7.41. The molecule has 2 amide bonds. The summed E-state index contributed by atoms with van der Waals surface area (Å²) in [5.74, 6) is -0.270. The van der Waals surface area contributed by atoms with Crippen LogP contribution in [0.5, 0.6) is 0 Å². The van der Waals surface area contributed by atoms with Crippen molar-refractivity contribution in [2.24, 2.45) is 0 Å². The van der Waals surface area contributed by atoms with Crippen LogP contribution in [0.15, 0.2) is 48.5 Å². The molecule has 1 saturated carbocycles. The maximum Gasteiger partial charge on any atom is 0.255 e. The lowest BCUT2D eigenvalue weighted by Crippen LogP contribution is -2.25. The number of rotatable bonds is 4. The number of amides is 2. The van der Waals surface area contributed by atoms with Crippen molar-refractivity contribution in [1.82, 2.24) is 5.32 Å². The first-order valence-corrected chi connectivity index (χ1v) is 7.41. The normalized spacial score (nSPS) is 13.5. The Labute approximate surface area is 129 Å². The van der Waals surface area contributed by atoms with E-state index in [0.717, 1.165) is 18.4 Å². The molecular weight excluding hydrogens is 276 g/mol. The van der Waals surface area contributed by atoms with Gasteiger partial charge in [0, 0.05) is 22.9 Å². The van der Waals surface area contributed by atoms with Crippen LogP contribution < -0.4 is 10.6 Å². The standard InChI is InChI=1S/C18H18N2O2/c1-12-5-7-13(8-6-12)17(21)20-16-4-2-3-14(11-16)18(22)19-15-9-10-15/h2-8,11,15H,9-10H2,1H3,(H,19,22)(H,20,21). The van der Waals surface area contributed by atoms with Gasteiger partial charge in [-0.15, -0.1) is 0 Å². The van der Waals surface area contributed by atoms with Crippen LogP contribution >= 0.6 is 0 Å². The van der Waals surface area contributed by atoms with E-state index in [-0.39, 0.29) is 11.8 Å². The monoisotopic (exact) mass is 294 g/mol. The molecule has 0 atom stereocenters. The Morgan fingerprint density at radius 1 is 0.955 bits per heavy atom. The number of hydrogen-bond acceptors (Lipinski definition) is 2. The number of anilines is 1. The second-order valence-corrected chi connectivity index (χ2v) is 5.65. The van der Waals surface area contributed by atoms with Crippen molar-refractivity contribution in [1.29, 1.82) is 0 Å². The van der Waals surface area contributed by atoms with Crippen molar-refractivity contribution in [2.45, 2.75) is 25.8 Å². The first kappa shape index (κ1) is 14.3. The van der Waals surface area contributed by atoms with E-state index in [2.05, 4.69) is 10.6 Å². The van der Waals surface area contributed by atoms with Crippen molar-refractivity contribution in [2.75, 3.05) is 5.32 Å². The van der Waals surface area contributed by atoms with E-state index < -0.39 is 0 Å². The molecule has 112 valence electrons. The Hall–Kier alpha value is -2.62. The summed E-state index contributed by atoms with van der Waals surface area (Å²) in [6, 6.07) is 14.7. The topological polar surface area (TPSA) is 58.2 Å². The fourth-order valence-electron chi connectivity index (χ4n) is 2.14. The summed E-state index contributed by atoms with van der Waals surface area (Å²) in [7, 11) is 0. The Balaban J connectivity index is 1.70. The SMILES string of the molecule is Cc1ccc(C(=O)Nc2cccc(C(=O)NC3CC3)c2)cc1. The molecule has 0 heterocycles. The zero-order valence-corrected chi connectivity index (χ0v) is 12.4. The van der Waals surface area contributed by atoms with Crippen molar-refractivity contribution in [3.05, 3.63) is 65.2 Å². The molecule has 3 rings (SSSR count). The Morgan fingerprint density at radius 3 is 2.36 bits per heavy atom. The summed E-state index contributed by atoms with van der Waals surface area (Å²) in [5.41, 5.74) is 2.89. The molecule has 4 nitrogen and oxygen atoms in total. The lowest BCUT2D eigenvalue weighted by molar-refractivity contribution is 0.0949. The summed E-state index contributed by atoms with van der Waals surface area (Å²) in [4.78, 5) is 24.2. The van der Waals surface area contributed by atoms with Crippen LogP contribution in [0.1, 0.15) is 39.1 Å². The first-order chi connectivity index (χ1) is 10.6. The second-order valence-electron chi connectivity index (χ2n) is 5.65. The number of carbonyl (C=O) groups excluding carboxylic acids is 2.